The van der Waals surface area contributed by atoms with Crippen molar-refractivity contribution in [2.75, 3.05) is 18.4 Å². The van der Waals surface area contributed by atoms with E-state index in [0.717, 1.165) is 26.6 Å². The van der Waals surface area contributed by atoms with Crippen LogP contribution in [0.25, 0.3) is 10.9 Å². The molecule has 29 heavy (non-hydrogen) atoms. The van der Waals surface area contributed by atoms with Crippen molar-refractivity contribution in [3.63, 3.8) is 0 Å². The fourth-order valence-electron chi connectivity index (χ4n) is 3.64. The number of hydrogen-bond donors (Lipinski definition) is 3. The minimum atomic E-state index is -0.610. The van der Waals surface area contributed by atoms with Crippen molar-refractivity contribution in [2.24, 2.45) is 11.7 Å². The molecule has 1 aromatic heterocycles. The summed E-state index contributed by atoms with van der Waals surface area (Å²) >= 11 is 3.40. The molecule has 2 heterocycles. The molecule has 8 heteroatoms. The Labute approximate surface area is 176 Å². The van der Waals surface area contributed by atoms with Crippen molar-refractivity contribution in [2.45, 2.75) is 18.9 Å². The number of amides is 2. The maximum Gasteiger partial charge on any atom is 0.239 e. The predicted molar refractivity (Wildman–Crippen MR) is 115 cm³/mol. The molecule has 1 saturated heterocycles. The highest BCUT2D eigenvalue weighted by molar-refractivity contribution is 9.10. The van der Waals surface area contributed by atoms with E-state index in [0.29, 0.717) is 25.9 Å². The number of halogens is 1. The highest BCUT2D eigenvalue weighted by Gasteiger charge is 2.33. The van der Waals surface area contributed by atoms with Crippen LogP contribution in [0.15, 0.2) is 53.1 Å². The normalized spacial score (nSPS) is 17.4. The van der Waals surface area contributed by atoms with Gasteiger partial charge in [-0.05, 0) is 48.7 Å². The summed E-state index contributed by atoms with van der Waals surface area (Å²) in [6.07, 6.45) is 2.83. The van der Waals surface area contributed by atoms with Gasteiger partial charge in [0.1, 0.15) is 0 Å². The van der Waals surface area contributed by atoms with Crippen molar-refractivity contribution in [3.8, 4) is 0 Å². The Hall–Kier alpha value is -2.71. The summed E-state index contributed by atoms with van der Waals surface area (Å²) in [5.74, 6) is -0.425. The summed E-state index contributed by atoms with van der Waals surface area (Å²) in [6.45, 7) is 0.943. The van der Waals surface area contributed by atoms with Crippen LogP contribution >= 0.6 is 15.9 Å². The number of nitrogens with one attached hydrogen (secondary N) is 2. The van der Waals surface area contributed by atoms with E-state index in [4.69, 9.17) is 5.73 Å². The SMILES string of the molecule is N[C@H](Cc1ccc(Br)cc1)C(=O)N1CC[C@@H](C(=O)Nc2ccc3[nH]ncc3c2)C1. The molecule has 4 rings (SSSR count). The maximum atomic E-state index is 12.7. The van der Waals surface area contributed by atoms with E-state index in [1.807, 2.05) is 42.5 Å². The van der Waals surface area contributed by atoms with Gasteiger partial charge in [0.05, 0.1) is 23.7 Å². The standard InChI is InChI=1S/C21H22BrN5O2/c22-16-3-1-13(2-4-16)9-18(23)21(29)27-8-7-14(12-27)20(28)25-17-5-6-19-15(10-17)11-24-26-19/h1-6,10-11,14,18H,7-9,12,23H2,(H,24,26)(H,25,28)/t14-,18-/m1/s1. The number of carbonyl (C=O) groups excluding carboxylic acids is 2. The van der Waals surface area contributed by atoms with E-state index in [1.165, 1.54) is 0 Å². The smallest absolute Gasteiger partial charge is 0.239 e. The van der Waals surface area contributed by atoms with Gasteiger partial charge in [0.2, 0.25) is 11.8 Å². The lowest BCUT2D eigenvalue weighted by Gasteiger charge is -2.21. The van der Waals surface area contributed by atoms with Crippen LogP contribution in [0.2, 0.25) is 0 Å². The van der Waals surface area contributed by atoms with Crippen LogP contribution in [0.4, 0.5) is 5.69 Å². The van der Waals surface area contributed by atoms with Gasteiger partial charge in [-0.25, -0.2) is 0 Å². The third-order valence-corrected chi connectivity index (χ3v) is 5.79. The average molecular weight is 456 g/mol. The van der Waals surface area contributed by atoms with E-state index in [2.05, 4.69) is 31.4 Å². The summed E-state index contributed by atoms with van der Waals surface area (Å²) < 4.78 is 0.987. The third kappa shape index (κ3) is 4.49. The fourth-order valence-corrected chi connectivity index (χ4v) is 3.90. The van der Waals surface area contributed by atoms with Gasteiger partial charge < -0.3 is 16.0 Å². The number of aromatic amines is 1. The van der Waals surface area contributed by atoms with Crippen LogP contribution in [0.5, 0.6) is 0 Å². The summed E-state index contributed by atoms with van der Waals surface area (Å²) in [7, 11) is 0. The third-order valence-electron chi connectivity index (χ3n) is 5.26. The number of benzene rings is 2. The van der Waals surface area contributed by atoms with Crippen LogP contribution in [0, 0.1) is 5.92 Å². The van der Waals surface area contributed by atoms with Crippen molar-refractivity contribution in [1.82, 2.24) is 15.1 Å². The number of carbonyl (C=O) groups is 2. The molecule has 0 radical (unpaired) electrons. The minimum absolute atomic E-state index is 0.0791. The van der Waals surface area contributed by atoms with Gasteiger partial charge in [0.15, 0.2) is 0 Å². The van der Waals surface area contributed by atoms with Crippen molar-refractivity contribution < 1.29 is 9.59 Å². The molecule has 3 aromatic rings. The second kappa shape index (κ2) is 8.34. The van der Waals surface area contributed by atoms with Gasteiger partial charge in [0.25, 0.3) is 0 Å². The largest absolute Gasteiger partial charge is 0.341 e. The number of nitrogens with zero attached hydrogens (tertiary/aromatic N) is 2. The van der Waals surface area contributed by atoms with Crippen LogP contribution in [-0.2, 0) is 16.0 Å². The van der Waals surface area contributed by atoms with Gasteiger partial charge in [-0.1, -0.05) is 28.1 Å². The number of likely N-dealkylation sites (tertiary alicyclic amines) is 1. The van der Waals surface area contributed by atoms with Gasteiger partial charge in [-0.3, -0.25) is 14.7 Å². The summed E-state index contributed by atoms with van der Waals surface area (Å²) in [5, 5.41) is 10.7. The maximum absolute atomic E-state index is 12.7. The highest BCUT2D eigenvalue weighted by atomic mass is 79.9. The molecule has 0 aliphatic carbocycles. The first kappa shape index (κ1) is 19.6. The molecule has 150 valence electrons. The molecule has 2 aromatic carbocycles. The van der Waals surface area contributed by atoms with Crippen molar-refractivity contribution in [3.05, 3.63) is 58.7 Å². The molecule has 1 fully saturated rings. The quantitative estimate of drug-likeness (QED) is 0.549. The molecule has 2 amide bonds. The number of rotatable bonds is 5. The number of anilines is 1. The number of hydrogen-bond acceptors (Lipinski definition) is 4. The summed E-state index contributed by atoms with van der Waals surface area (Å²) in [4.78, 5) is 27.1. The molecule has 1 aliphatic rings. The number of nitrogens with two attached hydrogens (primary N) is 1. The van der Waals surface area contributed by atoms with E-state index < -0.39 is 6.04 Å². The minimum Gasteiger partial charge on any atom is -0.341 e. The highest BCUT2D eigenvalue weighted by Crippen LogP contribution is 2.22. The number of fused-ring (bicyclic) bond motifs is 1. The van der Waals surface area contributed by atoms with E-state index in [-0.39, 0.29) is 17.7 Å². The van der Waals surface area contributed by atoms with Crippen LogP contribution in [-0.4, -0.2) is 46.0 Å². The topological polar surface area (TPSA) is 104 Å². The summed E-state index contributed by atoms with van der Waals surface area (Å²) in [5.41, 5.74) is 8.79. The van der Waals surface area contributed by atoms with Gasteiger partial charge in [0, 0.05) is 28.6 Å². The lowest BCUT2D eigenvalue weighted by Crippen LogP contribution is -2.44. The van der Waals surface area contributed by atoms with E-state index >= 15 is 0 Å². The monoisotopic (exact) mass is 455 g/mol. The molecule has 0 saturated carbocycles. The Balaban J connectivity index is 1.33. The van der Waals surface area contributed by atoms with Gasteiger partial charge in [-0.15, -0.1) is 0 Å². The van der Waals surface area contributed by atoms with Gasteiger partial charge >= 0.3 is 0 Å². The molecular weight excluding hydrogens is 434 g/mol. The molecular formula is C21H22BrN5O2. The average Bonchev–Trinajstić information content (AvgIpc) is 3.38. The first-order chi connectivity index (χ1) is 14.0. The Bertz CT molecular complexity index is 1030. The first-order valence-corrected chi connectivity index (χ1v) is 10.3. The molecule has 0 unspecified atom stereocenters. The predicted octanol–water partition coefficient (Wildman–Crippen LogP) is 2.68. The van der Waals surface area contributed by atoms with Gasteiger partial charge in [-0.2, -0.15) is 5.10 Å². The molecule has 1 aliphatic heterocycles. The Morgan fingerprint density at radius 2 is 2.07 bits per heavy atom. The van der Waals surface area contributed by atoms with E-state index in [9.17, 15) is 9.59 Å². The van der Waals surface area contributed by atoms with Crippen molar-refractivity contribution in [1.29, 1.82) is 0 Å². The van der Waals surface area contributed by atoms with Crippen LogP contribution < -0.4 is 11.1 Å². The zero-order chi connectivity index (χ0) is 20.4. The Kier molecular flexibility index (Phi) is 5.64. The molecule has 0 bridgehead atoms. The van der Waals surface area contributed by atoms with Crippen LogP contribution in [0.3, 0.4) is 0 Å². The lowest BCUT2D eigenvalue weighted by atomic mass is 10.1. The zero-order valence-electron chi connectivity index (χ0n) is 15.8. The lowest BCUT2D eigenvalue weighted by molar-refractivity contribution is -0.131. The van der Waals surface area contributed by atoms with Crippen LogP contribution in [0.1, 0.15) is 12.0 Å². The number of H-pyrrole nitrogens is 1. The zero-order valence-corrected chi connectivity index (χ0v) is 17.4. The first-order valence-electron chi connectivity index (χ1n) is 9.52. The molecule has 2 atom stereocenters. The molecule has 0 spiro atoms. The number of aromatic nitrogens is 2. The second-order valence-corrected chi connectivity index (χ2v) is 8.28. The molecule has 4 N–H and O–H groups in total. The second-order valence-electron chi connectivity index (χ2n) is 7.37. The fraction of sp³-hybridized carbons (Fsp3) is 0.286. The Morgan fingerprint density at radius 1 is 1.28 bits per heavy atom. The Morgan fingerprint density at radius 3 is 2.86 bits per heavy atom. The summed E-state index contributed by atoms with van der Waals surface area (Å²) in [6, 6.07) is 12.8. The molecule has 7 nitrogen and oxygen atoms in total. The van der Waals surface area contributed by atoms with E-state index in [1.54, 1.807) is 11.1 Å². The van der Waals surface area contributed by atoms with Crippen molar-refractivity contribution >= 4 is 44.3 Å².